The minimum Gasteiger partial charge on any atom is -0.350 e. The molecule has 0 heterocycles. The summed E-state index contributed by atoms with van der Waals surface area (Å²) in [6, 6.07) is 0. The number of hydrogen-bond acceptors (Lipinski definition) is 5. The fourth-order valence-corrected chi connectivity index (χ4v) is 0.605. The average molecular weight is 236 g/mol. The summed E-state index contributed by atoms with van der Waals surface area (Å²) in [5.41, 5.74) is -0.624. The van der Waals surface area contributed by atoms with Crippen LogP contribution in [-0.2, 0) is 24.3 Å². The molecule has 0 atom stereocenters. The third kappa shape index (κ3) is 13.8. The molecule has 5 nitrogen and oxygen atoms in total. The second-order valence-corrected chi connectivity index (χ2v) is 5.36. The highest BCUT2D eigenvalue weighted by Gasteiger charge is 2.12. The Morgan fingerprint density at radius 3 is 1.69 bits per heavy atom. The molecular formula is C11H24O5. The minimum absolute atomic E-state index is 0.0795. The van der Waals surface area contributed by atoms with Crippen LogP contribution in [0.5, 0.6) is 0 Å². The molecule has 0 N–H and O–H groups in total. The van der Waals surface area contributed by atoms with E-state index in [4.69, 9.17) is 24.3 Å². The van der Waals surface area contributed by atoms with Gasteiger partial charge in [-0.2, -0.15) is 0 Å². The fourth-order valence-electron chi connectivity index (χ4n) is 0.605. The molecule has 0 radical (unpaired) electrons. The zero-order valence-electron chi connectivity index (χ0n) is 11.2. The molecule has 0 saturated carbocycles. The quantitative estimate of drug-likeness (QED) is 0.294. The molecule has 5 heteroatoms. The standard InChI is InChI=1S/C11H24O5/c1-10(2,3)15-13-8-7-12-9-14-16-11(4,5)6/h7-9H2,1-6H3. The molecule has 0 aromatic rings. The van der Waals surface area contributed by atoms with Crippen LogP contribution in [0.3, 0.4) is 0 Å². The van der Waals surface area contributed by atoms with Crippen LogP contribution in [0.25, 0.3) is 0 Å². The zero-order chi connectivity index (χ0) is 12.7. The smallest absolute Gasteiger partial charge is 0.180 e. The van der Waals surface area contributed by atoms with Crippen molar-refractivity contribution in [2.75, 3.05) is 20.0 Å². The van der Waals surface area contributed by atoms with Crippen LogP contribution in [0.15, 0.2) is 0 Å². The van der Waals surface area contributed by atoms with Crippen molar-refractivity contribution in [3.05, 3.63) is 0 Å². The maximum atomic E-state index is 5.09. The van der Waals surface area contributed by atoms with E-state index in [1.54, 1.807) is 0 Å². The molecule has 16 heavy (non-hydrogen) atoms. The van der Waals surface area contributed by atoms with Gasteiger partial charge in [-0.15, -0.1) is 0 Å². The molecule has 98 valence electrons. The van der Waals surface area contributed by atoms with Crippen molar-refractivity contribution in [2.45, 2.75) is 52.7 Å². The van der Waals surface area contributed by atoms with E-state index in [0.717, 1.165) is 0 Å². The maximum absolute atomic E-state index is 5.09. The lowest BCUT2D eigenvalue weighted by atomic mass is 10.2. The first-order valence-corrected chi connectivity index (χ1v) is 5.40. The highest BCUT2D eigenvalue weighted by molar-refractivity contribution is 4.54. The van der Waals surface area contributed by atoms with E-state index in [1.807, 2.05) is 41.5 Å². The summed E-state index contributed by atoms with van der Waals surface area (Å²) < 4.78 is 5.09. The SMILES string of the molecule is CC(C)(C)OOCCOCOOC(C)(C)C. The van der Waals surface area contributed by atoms with Gasteiger partial charge in [0.25, 0.3) is 0 Å². The largest absolute Gasteiger partial charge is 0.350 e. The number of hydrogen-bond donors (Lipinski definition) is 0. The molecule has 0 aliphatic heterocycles. The number of ether oxygens (including phenoxy) is 1. The van der Waals surface area contributed by atoms with Crippen molar-refractivity contribution >= 4 is 0 Å². The van der Waals surface area contributed by atoms with Crippen LogP contribution >= 0.6 is 0 Å². The van der Waals surface area contributed by atoms with Gasteiger partial charge in [-0.25, -0.2) is 19.6 Å². The Balaban J connectivity index is 3.17. The Morgan fingerprint density at radius 1 is 0.688 bits per heavy atom. The van der Waals surface area contributed by atoms with Crippen LogP contribution in [0.1, 0.15) is 41.5 Å². The second kappa shape index (κ2) is 7.19. The van der Waals surface area contributed by atoms with Gasteiger partial charge in [-0.3, -0.25) is 0 Å². The van der Waals surface area contributed by atoms with Crippen LogP contribution in [0.2, 0.25) is 0 Å². The van der Waals surface area contributed by atoms with Crippen molar-refractivity contribution in [3.8, 4) is 0 Å². The Labute approximate surface area is 97.8 Å². The van der Waals surface area contributed by atoms with Gasteiger partial charge in [0.2, 0.25) is 0 Å². The average Bonchev–Trinajstić information content (AvgIpc) is 2.06. The molecule has 0 saturated heterocycles. The first-order chi connectivity index (χ1) is 7.21. The molecule has 0 spiro atoms. The Bertz CT molecular complexity index is 148. The van der Waals surface area contributed by atoms with E-state index in [-0.39, 0.29) is 18.0 Å². The third-order valence-corrected chi connectivity index (χ3v) is 1.06. The van der Waals surface area contributed by atoms with E-state index in [9.17, 15) is 0 Å². The molecule has 0 aromatic heterocycles. The van der Waals surface area contributed by atoms with Crippen molar-refractivity contribution in [2.24, 2.45) is 0 Å². The summed E-state index contributed by atoms with van der Waals surface area (Å²) >= 11 is 0. The molecule has 0 aliphatic carbocycles. The molecule has 0 bridgehead atoms. The first-order valence-electron chi connectivity index (χ1n) is 5.40. The normalized spacial score (nSPS) is 13.1. The van der Waals surface area contributed by atoms with Crippen molar-refractivity contribution in [3.63, 3.8) is 0 Å². The zero-order valence-corrected chi connectivity index (χ0v) is 11.2. The Hall–Kier alpha value is -0.200. The summed E-state index contributed by atoms with van der Waals surface area (Å²) in [6.45, 7) is 12.3. The summed E-state index contributed by atoms with van der Waals surface area (Å²) in [5, 5.41) is 0. The second-order valence-electron chi connectivity index (χ2n) is 5.36. The van der Waals surface area contributed by atoms with Crippen LogP contribution in [-0.4, -0.2) is 31.2 Å². The van der Waals surface area contributed by atoms with E-state index < -0.39 is 0 Å². The molecule has 0 aliphatic rings. The van der Waals surface area contributed by atoms with Crippen molar-refractivity contribution in [1.29, 1.82) is 0 Å². The maximum Gasteiger partial charge on any atom is 0.180 e. The monoisotopic (exact) mass is 236 g/mol. The first kappa shape index (κ1) is 15.8. The molecule has 0 amide bonds. The van der Waals surface area contributed by atoms with E-state index in [0.29, 0.717) is 13.2 Å². The summed E-state index contributed by atoms with van der Waals surface area (Å²) in [7, 11) is 0. The molecule has 0 fully saturated rings. The molecule has 0 aromatic carbocycles. The highest BCUT2D eigenvalue weighted by Crippen LogP contribution is 2.07. The van der Waals surface area contributed by atoms with Crippen LogP contribution < -0.4 is 0 Å². The van der Waals surface area contributed by atoms with Gasteiger partial charge in [0.05, 0.1) is 17.8 Å². The summed E-state index contributed by atoms with van der Waals surface area (Å²) in [6.07, 6.45) is 0. The van der Waals surface area contributed by atoms with Gasteiger partial charge in [0.1, 0.15) is 6.61 Å². The number of rotatable bonds is 7. The van der Waals surface area contributed by atoms with Crippen LogP contribution in [0, 0.1) is 0 Å². The van der Waals surface area contributed by atoms with Gasteiger partial charge in [-0.05, 0) is 41.5 Å². The Morgan fingerprint density at radius 2 is 1.19 bits per heavy atom. The van der Waals surface area contributed by atoms with Gasteiger partial charge in [0.15, 0.2) is 6.79 Å². The lowest BCUT2D eigenvalue weighted by molar-refractivity contribution is -0.387. The topological polar surface area (TPSA) is 46.2 Å². The van der Waals surface area contributed by atoms with Crippen molar-refractivity contribution < 1.29 is 24.3 Å². The predicted molar refractivity (Wildman–Crippen MR) is 59.5 cm³/mol. The highest BCUT2D eigenvalue weighted by atomic mass is 17.2. The molecular weight excluding hydrogens is 212 g/mol. The Kier molecular flexibility index (Phi) is 7.10. The summed E-state index contributed by atoms with van der Waals surface area (Å²) in [5.74, 6) is 0. The van der Waals surface area contributed by atoms with Crippen molar-refractivity contribution in [1.82, 2.24) is 0 Å². The van der Waals surface area contributed by atoms with Gasteiger partial charge < -0.3 is 4.74 Å². The van der Waals surface area contributed by atoms with Gasteiger partial charge in [0, 0.05) is 0 Å². The van der Waals surface area contributed by atoms with Gasteiger partial charge >= 0.3 is 0 Å². The van der Waals surface area contributed by atoms with E-state index in [2.05, 4.69) is 0 Å². The van der Waals surface area contributed by atoms with E-state index >= 15 is 0 Å². The summed E-state index contributed by atoms with van der Waals surface area (Å²) in [4.78, 5) is 19.8. The molecule has 0 rings (SSSR count). The predicted octanol–water partition coefficient (Wildman–Crippen LogP) is 2.45. The lowest BCUT2D eigenvalue weighted by Crippen LogP contribution is -2.22. The lowest BCUT2D eigenvalue weighted by Gasteiger charge is -2.18. The molecule has 0 unspecified atom stereocenters. The van der Waals surface area contributed by atoms with Gasteiger partial charge in [-0.1, -0.05) is 0 Å². The van der Waals surface area contributed by atoms with Crippen LogP contribution in [0.4, 0.5) is 0 Å². The minimum atomic E-state index is -0.324. The van der Waals surface area contributed by atoms with E-state index in [1.165, 1.54) is 0 Å². The fraction of sp³-hybridized carbons (Fsp3) is 1.00. The third-order valence-electron chi connectivity index (χ3n) is 1.06.